The normalized spacial score (nSPS) is 17.9. The van der Waals surface area contributed by atoms with E-state index in [2.05, 4.69) is 46.1 Å². The minimum Gasteiger partial charge on any atom is -0.381 e. The Balaban J connectivity index is 1.65. The van der Waals surface area contributed by atoms with Crippen LogP contribution in [0.25, 0.3) is 0 Å². The van der Waals surface area contributed by atoms with Gasteiger partial charge in [-0.15, -0.1) is 0 Å². The molecule has 3 rings (SSSR count). The van der Waals surface area contributed by atoms with E-state index < -0.39 is 0 Å². The first-order valence-electron chi connectivity index (χ1n) is 7.75. The molecule has 0 radical (unpaired) electrons. The first-order chi connectivity index (χ1) is 10.6. The highest BCUT2D eigenvalue weighted by Gasteiger charge is 2.20. The fraction of sp³-hybridized carbons (Fsp3) is 0.562. The van der Waals surface area contributed by atoms with Crippen LogP contribution in [0.2, 0.25) is 0 Å². The molecule has 0 bridgehead atoms. The zero-order valence-corrected chi connectivity index (χ0v) is 13.5. The first-order valence-corrected chi connectivity index (χ1v) is 7.75. The molecule has 0 aliphatic carbocycles. The van der Waals surface area contributed by atoms with Gasteiger partial charge in [0.15, 0.2) is 0 Å². The Hall–Kier alpha value is -1.95. The predicted molar refractivity (Wildman–Crippen MR) is 85.2 cm³/mol. The first kappa shape index (κ1) is 15.0. The molecule has 1 aliphatic heterocycles. The molecule has 22 heavy (non-hydrogen) atoms. The van der Waals surface area contributed by atoms with Gasteiger partial charge < -0.3 is 9.64 Å². The summed E-state index contributed by atoms with van der Waals surface area (Å²) in [6.07, 6.45) is 2.70. The van der Waals surface area contributed by atoms with Crippen molar-refractivity contribution in [3.63, 3.8) is 0 Å². The number of aryl methyl sites for hydroxylation is 2. The molecule has 0 amide bonds. The zero-order valence-electron chi connectivity index (χ0n) is 13.5. The summed E-state index contributed by atoms with van der Waals surface area (Å²) in [6, 6.07) is 4.18. The monoisotopic (exact) mass is 301 g/mol. The third-order valence-electron chi connectivity index (χ3n) is 4.16. The standard InChI is InChI=1S/C16H23N5O/c1-12-8-13(2)21(19-12)6-5-20(3)16-9-15(17-11-18-16)14-4-7-22-10-14/h8-9,11,14H,4-7,10H2,1-3H3/t14-/m0/s1. The second-order valence-electron chi connectivity index (χ2n) is 5.93. The van der Waals surface area contributed by atoms with Gasteiger partial charge in [0.2, 0.25) is 0 Å². The van der Waals surface area contributed by atoms with Crippen LogP contribution < -0.4 is 4.90 Å². The van der Waals surface area contributed by atoms with Crippen LogP contribution in [0.15, 0.2) is 18.5 Å². The minimum atomic E-state index is 0.408. The number of hydrogen-bond acceptors (Lipinski definition) is 5. The third kappa shape index (κ3) is 3.27. The van der Waals surface area contributed by atoms with Gasteiger partial charge in [-0.3, -0.25) is 4.68 Å². The molecule has 0 N–H and O–H groups in total. The van der Waals surface area contributed by atoms with Gasteiger partial charge in [-0.1, -0.05) is 0 Å². The number of ether oxygens (including phenoxy) is 1. The van der Waals surface area contributed by atoms with Crippen molar-refractivity contribution >= 4 is 5.82 Å². The van der Waals surface area contributed by atoms with E-state index in [1.165, 1.54) is 5.69 Å². The summed E-state index contributed by atoms with van der Waals surface area (Å²) in [6.45, 7) is 7.42. The van der Waals surface area contributed by atoms with E-state index in [0.29, 0.717) is 5.92 Å². The van der Waals surface area contributed by atoms with Crippen LogP contribution in [0.3, 0.4) is 0 Å². The molecule has 0 unspecified atom stereocenters. The van der Waals surface area contributed by atoms with Crippen LogP contribution in [0.4, 0.5) is 5.82 Å². The van der Waals surface area contributed by atoms with Crippen molar-refractivity contribution in [1.29, 1.82) is 0 Å². The summed E-state index contributed by atoms with van der Waals surface area (Å²) in [7, 11) is 2.06. The van der Waals surface area contributed by atoms with Crippen LogP contribution in [-0.4, -0.2) is 46.6 Å². The highest BCUT2D eigenvalue weighted by Crippen LogP contribution is 2.25. The van der Waals surface area contributed by atoms with Gasteiger partial charge in [-0.05, 0) is 26.3 Å². The van der Waals surface area contributed by atoms with Gasteiger partial charge in [0, 0.05) is 37.9 Å². The number of hydrogen-bond donors (Lipinski definition) is 0. The number of rotatable bonds is 5. The van der Waals surface area contributed by atoms with Gasteiger partial charge in [0.1, 0.15) is 12.1 Å². The Labute approximate surface area is 131 Å². The van der Waals surface area contributed by atoms with E-state index in [1.54, 1.807) is 6.33 Å². The highest BCUT2D eigenvalue weighted by atomic mass is 16.5. The molecule has 6 heteroatoms. The molecular weight excluding hydrogens is 278 g/mol. The second-order valence-corrected chi connectivity index (χ2v) is 5.93. The summed E-state index contributed by atoms with van der Waals surface area (Å²) in [4.78, 5) is 10.9. The number of likely N-dealkylation sites (N-methyl/N-ethyl adjacent to an activating group) is 1. The molecule has 2 aromatic heterocycles. The molecular formula is C16H23N5O. The van der Waals surface area contributed by atoms with Crippen molar-refractivity contribution in [3.8, 4) is 0 Å². The van der Waals surface area contributed by atoms with Crippen molar-refractivity contribution < 1.29 is 4.74 Å². The largest absolute Gasteiger partial charge is 0.381 e. The third-order valence-corrected chi connectivity index (χ3v) is 4.16. The summed E-state index contributed by atoms with van der Waals surface area (Å²) >= 11 is 0. The van der Waals surface area contributed by atoms with Crippen molar-refractivity contribution in [1.82, 2.24) is 19.7 Å². The molecule has 3 heterocycles. The summed E-state index contributed by atoms with van der Waals surface area (Å²) in [5.41, 5.74) is 3.34. The lowest BCUT2D eigenvalue weighted by Crippen LogP contribution is -2.24. The van der Waals surface area contributed by atoms with E-state index in [1.807, 2.05) is 11.6 Å². The molecule has 2 aromatic rings. The highest BCUT2D eigenvalue weighted by molar-refractivity contribution is 5.38. The van der Waals surface area contributed by atoms with Crippen LogP contribution >= 0.6 is 0 Å². The fourth-order valence-corrected chi connectivity index (χ4v) is 2.82. The minimum absolute atomic E-state index is 0.408. The molecule has 6 nitrogen and oxygen atoms in total. The lowest BCUT2D eigenvalue weighted by Gasteiger charge is -2.19. The summed E-state index contributed by atoms with van der Waals surface area (Å²) in [5.74, 6) is 1.37. The maximum Gasteiger partial charge on any atom is 0.131 e. The molecule has 1 aliphatic rings. The summed E-state index contributed by atoms with van der Waals surface area (Å²) < 4.78 is 7.49. The van der Waals surface area contributed by atoms with Gasteiger partial charge in [-0.2, -0.15) is 5.10 Å². The molecule has 1 fully saturated rings. The van der Waals surface area contributed by atoms with Gasteiger partial charge in [-0.25, -0.2) is 9.97 Å². The fourth-order valence-electron chi connectivity index (χ4n) is 2.82. The molecule has 0 aromatic carbocycles. The lowest BCUT2D eigenvalue weighted by atomic mass is 10.0. The maximum absolute atomic E-state index is 5.45. The van der Waals surface area contributed by atoms with Crippen LogP contribution in [0.1, 0.15) is 29.4 Å². The molecule has 1 saturated heterocycles. The van der Waals surface area contributed by atoms with E-state index in [-0.39, 0.29) is 0 Å². The average Bonchev–Trinajstić information content (AvgIpc) is 3.15. The molecule has 118 valence electrons. The molecule has 0 saturated carbocycles. The van der Waals surface area contributed by atoms with Crippen molar-refractivity contribution in [2.45, 2.75) is 32.7 Å². The lowest BCUT2D eigenvalue weighted by molar-refractivity contribution is 0.193. The number of aromatic nitrogens is 4. The van der Waals surface area contributed by atoms with Crippen LogP contribution in [0, 0.1) is 13.8 Å². The van der Waals surface area contributed by atoms with Crippen LogP contribution in [-0.2, 0) is 11.3 Å². The predicted octanol–water partition coefficient (Wildman–Crippen LogP) is 1.93. The SMILES string of the molecule is Cc1cc(C)n(CCN(C)c2cc([C@H]3CCOC3)ncn2)n1. The smallest absolute Gasteiger partial charge is 0.131 e. The number of anilines is 1. The van der Waals surface area contributed by atoms with Gasteiger partial charge >= 0.3 is 0 Å². The Morgan fingerprint density at radius 3 is 2.86 bits per heavy atom. The van der Waals surface area contributed by atoms with Crippen LogP contribution in [0.5, 0.6) is 0 Å². The zero-order chi connectivity index (χ0) is 15.5. The van der Waals surface area contributed by atoms with Gasteiger partial charge in [0.25, 0.3) is 0 Å². The molecule has 0 spiro atoms. The second kappa shape index (κ2) is 6.44. The van der Waals surface area contributed by atoms with E-state index in [0.717, 1.165) is 49.9 Å². The molecule has 1 atom stereocenters. The van der Waals surface area contributed by atoms with Gasteiger partial charge in [0.05, 0.1) is 24.5 Å². The topological polar surface area (TPSA) is 56.1 Å². The Morgan fingerprint density at radius 1 is 1.32 bits per heavy atom. The summed E-state index contributed by atoms with van der Waals surface area (Å²) in [5, 5.41) is 4.50. The Kier molecular flexibility index (Phi) is 4.38. The van der Waals surface area contributed by atoms with Crippen molar-refractivity contribution in [2.75, 3.05) is 31.7 Å². The van der Waals surface area contributed by atoms with E-state index >= 15 is 0 Å². The average molecular weight is 301 g/mol. The van der Waals surface area contributed by atoms with E-state index in [4.69, 9.17) is 4.74 Å². The van der Waals surface area contributed by atoms with Crippen molar-refractivity contribution in [2.24, 2.45) is 0 Å². The Bertz CT molecular complexity index is 633. The van der Waals surface area contributed by atoms with E-state index in [9.17, 15) is 0 Å². The maximum atomic E-state index is 5.45. The Morgan fingerprint density at radius 2 is 2.18 bits per heavy atom. The quantitative estimate of drug-likeness (QED) is 0.844. The number of nitrogens with zero attached hydrogens (tertiary/aromatic N) is 5. The van der Waals surface area contributed by atoms with Crippen molar-refractivity contribution in [3.05, 3.63) is 35.5 Å².